The van der Waals surface area contributed by atoms with Gasteiger partial charge in [-0.1, -0.05) is 0 Å². The van der Waals surface area contributed by atoms with Crippen LogP contribution >= 0.6 is 11.8 Å². The number of thioether (sulfide) groups is 1. The molecule has 0 aliphatic heterocycles. The highest BCUT2D eigenvalue weighted by molar-refractivity contribution is 8.00. The molecular weight excluding hydrogens is 216 g/mol. The van der Waals surface area contributed by atoms with E-state index in [1.54, 1.807) is 0 Å². The maximum absolute atomic E-state index is 12.7. The molecule has 0 aromatic carbocycles. The van der Waals surface area contributed by atoms with E-state index in [-0.39, 0.29) is 11.7 Å². The first-order valence-electron chi connectivity index (χ1n) is 3.61. The molecule has 4 N–H and O–H groups in total. The molecule has 0 saturated heterocycles. The molecule has 0 aromatic heterocycles. The first kappa shape index (κ1) is 13.1. The maximum atomic E-state index is 12.7. The molecule has 0 fully saturated rings. The number of hydrogen-bond acceptors (Lipinski definition) is 4. The summed E-state index contributed by atoms with van der Waals surface area (Å²) in [7, 11) is 1.40. The van der Waals surface area contributed by atoms with Crippen LogP contribution in [-0.4, -0.2) is 36.3 Å². The topological polar surface area (TPSA) is 84.2 Å². The van der Waals surface area contributed by atoms with Crippen molar-refractivity contribution in [1.29, 1.82) is 0 Å². The zero-order valence-electron chi connectivity index (χ0n) is 7.47. The molecule has 0 aromatic rings. The van der Waals surface area contributed by atoms with Crippen LogP contribution in [0, 0.1) is 0 Å². The number of halogens is 2. The monoisotopic (exact) mass is 227 g/mol. The van der Waals surface area contributed by atoms with E-state index in [0.29, 0.717) is 11.8 Å². The third-order valence-electron chi connectivity index (χ3n) is 1.26. The van der Waals surface area contributed by atoms with Crippen molar-refractivity contribution in [2.45, 2.75) is 5.92 Å². The summed E-state index contributed by atoms with van der Waals surface area (Å²) in [5.74, 6) is -1.83. The van der Waals surface area contributed by atoms with Crippen molar-refractivity contribution in [1.82, 2.24) is 10.7 Å². The first-order valence-corrected chi connectivity index (χ1v) is 4.76. The van der Waals surface area contributed by atoms with Crippen LogP contribution in [0.25, 0.3) is 0 Å². The van der Waals surface area contributed by atoms with E-state index in [2.05, 4.69) is 11.2 Å². The first-order chi connectivity index (χ1) is 6.44. The fourth-order valence-electron chi connectivity index (χ4n) is 0.515. The third-order valence-corrected chi connectivity index (χ3v) is 2.29. The minimum Gasteiger partial charge on any atom is -0.358 e. The fraction of sp³-hybridized carbons (Fsp3) is 0.667. The minimum absolute atomic E-state index is 0.121. The minimum atomic E-state index is -3.55. The van der Waals surface area contributed by atoms with E-state index in [1.807, 2.05) is 0 Å². The Balaban J connectivity index is 3.88. The maximum Gasteiger partial charge on any atom is 0.334 e. The van der Waals surface area contributed by atoms with Crippen LogP contribution in [0.5, 0.6) is 0 Å². The fourth-order valence-corrected chi connectivity index (χ4v) is 1.33. The van der Waals surface area contributed by atoms with Gasteiger partial charge in [-0.25, -0.2) is 5.84 Å². The van der Waals surface area contributed by atoms with E-state index >= 15 is 0 Å². The molecule has 0 atom stereocenters. The largest absolute Gasteiger partial charge is 0.358 e. The Morgan fingerprint density at radius 3 is 2.50 bits per heavy atom. The number of hydrazine groups is 1. The second kappa shape index (κ2) is 5.76. The molecule has 82 valence electrons. The molecule has 0 unspecified atom stereocenters. The molecule has 0 spiro atoms. The summed E-state index contributed by atoms with van der Waals surface area (Å²) in [6.07, 6.45) is 0. The van der Waals surface area contributed by atoms with Crippen LogP contribution in [0.4, 0.5) is 8.78 Å². The number of alkyl halides is 2. The van der Waals surface area contributed by atoms with Crippen molar-refractivity contribution < 1.29 is 18.4 Å². The SMILES string of the molecule is CNC(=O)CSCC(F)(F)C(=O)NN. The summed E-state index contributed by atoms with van der Waals surface area (Å²) >= 11 is 0.658. The van der Waals surface area contributed by atoms with E-state index in [9.17, 15) is 18.4 Å². The Labute approximate surface area is 83.8 Å². The Hall–Kier alpha value is -0.890. The Morgan fingerprint density at radius 1 is 1.50 bits per heavy atom. The van der Waals surface area contributed by atoms with Crippen molar-refractivity contribution in [2.75, 3.05) is 18.6 Å². The predicted octanol–water partition coefficient (Wildman–Crippen LogP) is -0.909. The van der Waals surface area contributed by atoms with Gasteiger partial charge in [-0.2, -0.15) is 8.78 Å². The summed E-state index contributed by atoms with van der Waals surface area (Å²) in [6, 6.07) is 0. The molecule has 0 rings (SSSR count). The van der Waals surface area contributed by atoms with E-state index < -0.39 is 17.6 Å². The van der Waals surface area contributed by atoms with Crippen LogP contribution in [0.2, 0.25) is 0 Å². The number of rotatable bonds is 5. The second-order valence-electron chi connectivity index (χ2n) is 2.34. The van der Waals surface area contributed by atoms with Crippen molar-refractivity contribution in [3.8, 4) is 0 Å². The number of nitrogens with one attached hydrogen (secondary N) is 2. The van der Waals surface area contributed by atoms with Gasteiger partial charge < -0.3 is 5.32 Å². The van der Waals surface area contributed by atoms with Gasteiger partial charge in [-0.05, 0) is 0 Å². The lowest BCUT2D eigenvalue weighted by molar-refractivity contribution is -0.142. The van der Waals surface area contributed by atoms with Gasteiger partial charge in [0.05, 0.1) is 11.5 Å². The van der Waals surface area contributed by atoms with Gasteiger partial charge >= 0.3 is 11.8 Å². The zero-order valence-corrected chi connectivity index (χ0v) is 8.29. The lowest BCUT2D eigenvalue weighted by Crippen LogP contribution is -2.45. The normalized spacial score (nSPS) is 10.9. The van der Waals surface area contributed by atoms with Crippen LogP contribution in [0.3, 0.4) is 0 Å². The number of hydrogen-bond donors (Lipinski definition) is 3. The van der Waals surface area contributed by atoms with Gasteiger partial charge in [-0.15, -0.1) is 11.8 Å². The molecule has 0 saturated carbocycles. The highest BCUT2D eigenvalue weighted by atomic mass is 32.2. The molecule has 0 bridgehead atoms. The summed E-state index contributed by atoms with van der Waals surface area (Å²) in [6.45, 7) is 0. The lowest BCUT2D eigenvalue weighted by Gasteiger charge is -2.12. The average Bonchev–Trinajstić information content (AvgIpc) is 2.15. The number of amides is 2. The molecule has 0 aliphatic carbocycles. The molecule has 14 heavy (non-hydrogen) atoms. The second-order valence-corrected chi connectivity index (χ2v) is 3.33. The quantitative estimate of drug-likeness (QED) is 0.322. The number of carbonyl (C=O) groups is 2. The van der Waals surface area contributed by atoms with Gasteiger partial charge in [-0.3, -0.25) is 15.0 Å². The van der Waals surface area contributed by atoms with Crippen molar-refractivity contribution in [2.24, 2.45) is 5.84 Å². The standard InChI is InChI=1S/C6H11F2N3O2S/c1-10-4(12)2-14-3-6(7,8)5(13)11-9/h2-3,9H2,1H3,(H,10,12)(H,11,13). The lowest BCUT2D eigenvalue weighted by atomic mass is 10.4. The third kappa shape index (κ3) is 4.38. The van der Waals surface area contributed by atoms with Crippen LogP contribution in [0.1, 0.15) is 0 Å². The molecule has 0 heterocycles. The van der Waals surface area contributed by atoms with Crippen molar-refractivity contribution in [3.05, 3.63) is 0 Å². The Kier molecular flexibility index (Phi) is 5.39. The van der Waals surface area contributed by atoms with Gasteiger partial charge in [0, 0.05) is 7.05 Å². The van der Waals surface area contributed by atoms with Gasteiger partial charge in [0.25, 0.3) is 0 Å². The Bertz CT molecular complexity index is 225. The van der Waals surface area contributed by atoms with Gasteiger partial charge in [0.15, 0.2) is 0 Å². The van der Waals surface area contributed by atoms with E-state index in [0.717, 1.165) is 0 Å². The van der Waals surface area contributed by atoms with Crippen LogP contribution in [-0.2, 0) is 9.59 Å². The summed E-state index contributed by atoms with van der Waals surface area (Å²) in [5, 5.41) is 2.26. The summed E-state index contributed by atoms with van der Waals surface area (Å²) < 4.78 is 25.5. The van der Waals surface area contributed by atoms with Crippen LogP contribution in [0.15, 0.2) is 0 Å². The molecule has 2 amide bonds. The smallest absolute Gasteiger partial charge is 0.334 e. The summed E-state index contributed by atoms with van der Waals surface area (Å²) in [4.78, 5) is 21.1. The van der Waals surface area contributed by atoms with E-state index in [1.165, 1.54) is 12.5 Å². The molecule has 0 aliphatic rings. The molecule has 8 heteroatoms. The zero-order chi connectivity index (χ0) is 11.2. The number of carbonyl (C=O) groups excluding carboxylic acids is 2. The van der Waals surface area contributed by atoms with Crippen molar-refractivity contribution >= 4 is 23.6 Å². The molecular formula is C6H11F2N3O2S. The highest BCUT2D eigenvalue weighted by Gasteiger charge is 2.38. The molecule has 5 nitrogen and oxygen atoms in total. The number of nitrogens with two attached hydrogens (primary N) is 1. The molecule has 0 radical (unpaired) electrons. The highest BCUT2D eigenvalue weighted by Crippen LogP contribution is 2.19. The van der Waals surface area contributed by atoms with Crippen molar-refractivity contribution in [3.63, 3.8) is 0 Å². The Morgan fingerprint density at radius 2 is 2.07 bits per heavy atom. The predicted molar refractivity (Wildman–Crippen MR) is 48.7 cm³/mol. The van der Waals surface area contributed by atoms with Gasteiger partial charge in [0.2, 0.25) is 5.91 Å². The average molecular weight is 227 g/mol. The summed E-state index contributed by atoms with van der Waals surface area (Å²) in [5.41, 5.74) is 1.35. The van der Waals surface area contributed by atoms with Gasteiger partial charge in [0.1, 0.15) is 0 Å². The van der Waals surface area contributed by atoms with Crippen LogP contribution < -0.4 is 16.6 Å². The van der Waals surface area contributed by atoms with E-state index in [4.69, 9.17) is 0 Å².